The average Bonchev–Trinajstić information content (AvgIpc) is 3.33. The van der Waals surface area contributed by atoms with Crippen molar-refractivity contribution in [2.75, 3.05) is 13.2 Å². The summed E-state index contributed by atoms with van der Waals surface area (Å²) in [6.07, 6.45) is 43.0. The Morgan fingerprint density at radius 3 is 1.57 bits per heavy atom. The minimum absolute atomic E-state index is 0.101. The highest BCUT2D eigenvalue weighted by Gasteiger charge is 2.47. The number of esters is 1. The zero-order valence-electron chi connectivity index (χ0n) is 43.5. The number of nitrogens with one attached hydrogen (secondary N) is 1. The molecule has 0 aromatic carbocycles. The van der Waals surface area contributed by atoms with Gasteiger partial charge in [-0.05, 0) is 44.9 Å². The molecule has 1 amide bonds. The molecule has 8 atom stereocenters. The van der Waals surface area contributed by atoms with Crippen LogP contribution >= 0.6 is 0 Å². The van der Waals surface area contributed by atoms with Gasteiger partial charge in [-0.15, -0.1) is 0 Å². The van der Waals surface area contributed by atoms with Crippen LogP contribution in [0, 0.1) is 0 Å². The maximum atomic E-state index is 13.4. The topological polar surface area (TPSA) is 175 Å². The van der Waals surface area contributed by atoms with E-state index in [2.05, 4.69) is 44.3 Å². The van der Waals surface area contributed by atoms with Crippen LogP contribution in [0.25, 0.3) is 0 Å². The van der Waals surface area contributed by atoms with Crippen LogP contribution in [0.3, 0.4) is 0 Å². The van der Waals surface area contributed by atoms with E-state index in [4.69, 9.17) is 14.2 Å². The highest BCUT2D eigenvalue weighted by atomic mass is 16.7. The molecule has 68 heavy (non-hydrogen) atoms. The van der Waals surface area contributed by atoms with Gasteiger partial charge in [-0.1, -0.05) is 236 Å². The van der Waals surface area contributed by atoms with Crippen molar-refractivity contribution >= 4 is 11.9 Å². The Kier molecular flexibility index (Phi) is 42.8. The number of aliphatic hydroxyl groups is 5. The van der Waals surface area contributed by atoms with Crippen molar-refractivity contribution in [3.05, 3.63) is 48.6 Å². The van der Waals surface area contributed by atoms with E-state index in [0.29, 0.717) is 19.3 Å². The number of carbonyl (C=O) groups excluding carboxylic acids is 2. The molecule has 0 aliphatic carbocycles. The molecule has 1 aliphatic rings. The Morgan fingerprint density at radius 2 is 1.06 bits per heavy atom. The Bertz CT molecular complexity index is 1290. The summed E-state index contributed by atoms with van der Waals surface area (Å²) in [6.45, 7) is 5.63. The average molecular weight is 962 g/mol. The predicted octanol–water partition coefficient (Wildman–Crippen LogP) is 12.1. The highest BCUT2D eigenvalue weighted by molar-refractivity contribution is 5.80. The first-order valence-corrected chi connectivity index (χ1v) is 27.9. The van der Waals surface area contributed by atoms with E-state index in [9.17, 15) is 35.1 Å². The minimum Gasteiger partial charge on any atom is -0.454 e. The van der Waals surface area contributed by atoms with Crippen LogP contribution in [-0.2, 0) is 23.8 Å². The van der Waals surface area contributed by atoms with Crippen molar-refractivity contribution < 1.29 is 49.3 Å². The quantitative estimate of drug-likeness (QED) is 0.0149. The summed E-state index contributed by atoms with van der Waals surface area (Å²) in [5.74, 6) is -1.21. The summed E-state index contributed by atoms with van der Waals surface area (Å²) >= 11 is 0. The van der Waals surface area contributed by atoms with E-state index in [-0.39, 0.29) is 13.0 Å². The van der Waals surface area contributed by atoms with E-state index in [1.807, 2.05) is 24.3 Å². The molecule has 11 heteroatoms. The molecule has 0 bridgehead atoms. The molecule has 1 aliphatic heterocycles. The van der Waals surface area contributed by atoms with Gasteiger partial charge in [0.1, 0.15) is 24.4 Å². The van der Waals surface area contributed by atoms with Gasteiger partial charge in [0.05, 0.1) is 25.4 Å². The smallest absolute Gasteiger partial charge is 0.306 e. The summed E-state index contributed by atoms with van der Waals surface area (Å²) < 4.78 is 17.5. The number of hydrogen-bond acceptors (Lipinski definition) is 10. The Labute approximate surface area is 415 Å². The van der Waals surface area contributed by atoms with Gasteiger partial charge in [0, 0.05) is 6.42 Å². The summed E-state index contributed by atoms with van der Waals surface area (Å²) in [7, 11) is 0. The van der Waals surface area contributed by atoms with Crippen molar-refractivity contribution in [3.63, 3.8) is 0 Å². The van der Waals surface area contributed by atoms with Crippen molar-refractivity contribution in [1.82, 2.24) is 5.32 Å². The number of unbranched alkanes of at least 4 members (excludes halogenated alkanes) is 28. The van der Waals surface area contributed by atoms with Crippen molar-refractivity contribution in [2.24, 2.45) is 0 Å². The van der Waals surface area contributed by atoms with E-state index in [1.54, 1.807) is 6.08 Å². The molecule has 1 rings (SSSR count). The van der Waals surface area contributed by atoms with E-state index < -0.39 is 67.4 Å². The monoisotopic (exact) mass is 962 g/mol. The van der Waals surface area contributed by atoms with E-state index >= 15 is 0 Å². The fourth-order valence-electron chi connectivity index (χ4n) is 8.59. The van der Waals surface area contributed by atoms with Crippen LogP contribution in [0.4, 0.5) is 0 Å². The summed E-state index contributed by atoms with van der Waals surface area (Å²) in [6, 6.07) is -1.02. The molecule has 0 radical (unpaired) electrons. The van der Waals surface area contributed by atoms with Gasteiger partial charge in [0.15, 0.2) is 12.4 Å². The molecule has 6 N–H and O–H groups in total. The van der Waals surface area contributed by atoms with Gasteiger partial charge in [-0.3, -0.25) is 9.59 Å². The van der Waals surface area contributed by atoms with E-state index in [0.717, 1.165) is 77.0 Å². The predicted molar refractivity (Wildman–Crippen MR) is 278 cm³/mol. The number of carbonyl (C=O) groups is 2. The number of amides is 1. The van der Waals surface area contributed by atoms with Crippen molar-refractivity contribution in [3.8, 4) is 0 Å². The lowest BCUT2D eigenvalue weighted by molar-refractivity contribution is -0.305. The van der Waals surface area contributed by atoms with Crippen LogP contribution in [0.1, 0.15) is 239 Å². The lowest BCUT2D eigenvalue weighted by Crippen LogP contribution is -2.61. The summed E-state index contributed by atoms with van der Waals surface area (Å²) in [5, 5.41) is 56.7. The molecule has 1 saturated heterocycles. The lowest BCUT2D eigenvalue weighted by atomic mass is 9.99. The van der Waals surface area contributed by atoms with Crippen LogP contribution in [-0.4, -0.2) is 99.6 Å². The molecule has 11 nitrogen and oxygen atoms in total. The fourth-order valence-corrected chi connectivity index (χ4v) is 8.59. The van der Waals surface area contributed by atoms with Gasteiger partial charge in [-0.2, -0.15) is 0 Å². The van der Waals surface area contributed by atoms with Gasteiger partial charge in [0.25, 0.3) is 0 Å². The summed E-state index contributed by atoms with van der Waals surface area (Å²) in [5.41, 5.74) is 0. The molecule has 0 spiro atoms. The van der Waals surface area contributed by atoms with Crippen molar-refractivity contribution in [1.29, 1.82) is 0 Å². The van der Waals surface area contributed by atoms with Crippen LogP contribution in [0.15, 0.2) is 48.6 Å². The first-order chi connectivity index (χ1) is 33.2. The highest BCUT2D eigenvalue weighted by Crippen LogP contribution is 2.26. The number of hydrogen-bond donors (Lipinski definition) is 6. The zero-order chi connectivity index (χ0) is 49.7. The van der Waals surface area contributed by atoms with Gasteiger partial charge in [0.2, 0.25) is 5.91 Å². The summed E-state index contributed by atoms with van der Waals surface area (Å²) in [4.78, 5) is 26.4. The SMILES string of the molecule is CC/C=C/C=C/C=C\CCCCCCCC(=O)OC1C(OCC(NC(=O)C(O)CCCCCCCCCCCCCCC)C(O)/C=C/CCCCCCCCCCCCC)OC(CO)C(O)C1O. The number of rotatable bonds is 46. The largest absolute Gasteiger partial charge is 0.454 e. The molecule has 0 aromatic rings. The molecule has 1 heterocycles. The molecule has 1 fully saturated rings. The first kappa shape index (κ1) is 63.6. The number of allylic oxidation sites excluding steroid dienone is 7. The normalized spacial score (nSPS) is 20.3. The van der Waals surface area contributed by atoms with Crippen LogP contribution in [0.5, 0.6) is 0 Å². The minimum atomic E-state index is -1.62. The van der Waals surface area contributed by atoms with Gasteiger partial charge < -0.3 is 45.1 Å². The Balaban J connectivity index is 2.77. The third-order valence-corrected chi connectivity index (χ3v) is 13.1. The Hall–Kier alpha value is -2.38. The van der Waals surface area contributed by atoms with Gasteiger partial charge in [-0.25, -0.2) is 0 Å². The maximum absolute atomic E-state index is 13.4. The molecular formula is C57H103NO10. The van der Waals surface area contributed by atoms with Crippen molar-refractivity contribution in [2.45, 2.75) is 288 Å². The zero-order valence-corrected chi connectivity index (χ0v) is 43.5. The van der Waals surface area contributed by atoms with Crippen LogP contribution in [0.2, 0.25) is 0 Å². The molecule has 396 valence electrons. The second-order valence-corrected chi connectivity index (χ2v) is 19.4. The third kappa shape index (κ3) is 34.0. The molecule has 0 saturated carbocycles. The number of aliphatic hydroxyl groups excluding tert-OH is 5. The molecule has 8 unspecified atom stereocenters. The second kappa shape index (κ2) is 45.7. The van der Waals surface area contributed by atoms with E-state index in [1.165, 1.54) is 116 Å². The molecule has 0 aromatic heterocycles. The Morgan fingerprint density at radius 1 is 0.588 bits per heavy atom. The maximum Gasteiger partial charge on any atom is 0.306 e. The standard InChI is InChI=1S/C57H103NO10/c1-4-7-10-13-16-19-22-25-28-31-34-37-40-43-49(60)48(58-56(65)50(61)44-41-38-35-32-29-26-23-20-17-14-11-8-5-2)47-66-57-55(54(64)53(63)51(46-59)67-57)68-52(62)45-42-39-36-33-30-27-24-21-18-15-12-9-6-3/h9,12,15,18,21,24,40,43,48-51,53-55,57,59-61,63-64H,4-8,10-11,13-14,16-17,19-20,22-23,25-39,41-42,44-47H2,1-3H3,(H,58,65)/b12-9+,18-15+,24-21-,43-40+. The first-order valence-electron chi connectivity index (χ1n) is 27.9. The van der Waals surface area contributed by atoms with Crippen LogP contribution < -0.4 is 5.32 Å². The third-order valence-electron chi connectivity index (χ3n) is 13.1. The second-order valence-electron chi connectivity index (χ2n) is 19.4. The number of ether oxygens (including phenoxy) is 3. The fraction of sp³-hybridized carbons (Fsp3) is 0.825. The molecular weight excluding hydrogens is 859 g/mol. The van der Waals surface area contributed by atoms with Gasteiger partial charge >= 0.3 is 5.97 Å². The lowest BCUT2D eigenvalue weighted by Gasteiger charge is -2.41.